The summed E-state index contributed by atoms with van der Waals surface area (Å²) in [5.41, 5.74) is 0.462. The van der Waals surface area contributed by atoms with Crippen molar-refractivity contribution in [2.24, 2.45) is 0 Å². The van der Waals surface area contributed by atoms with Gasteiger partial charge in [-0.1, -0.05) is 0 Å². The quantitative estimate of drug-likeness (QED) is 0.810. The van der Waals surface area contributed by atoms with Gasteiger partial charge in [0.25, 0.3) is 0 Å². The third kappa shape index (κ3) is 3.80. The molecule has 1 N–H and O–H groups in total. The Hall–Kier alpha value is -1.40. The van der Waals surface area contributed by atoms with Crippen LogP contribution in [0.2, 0.25) is 0 Å². The highest BCUT2D eigenvalue weighted by atomic mass is 32.2. The van der Waals surface area contributed by atoms with E-state index in [9.17, 15) is 4.79 Å². The van der Waals surface area contributed by atoms with Gasteiger partial charge in [0.2, 0.25) is 0 Å². The molecule has 1 aliphatic heterocycles. The molecule has 2 rings (SSSR count). The van der Waals surface area contributed by atoms with Gasteiger partial charge >= 0.3 is 5.97 Å². The van der Waals surface area contributed by atoms with Gasteiger partial charge in [0.1, 0.15) is 6.61 Å². The lowest BCUT2D eigenvalue weighted by Crippen LogP contribution is -2.26. The SMILES string of the molecule is CCOC(=O)c1ccc(OCC2NCCS2)c(OC)c1. The number of hydrogen-bond acceptors (Lipinski definition) is 6. The minimum Gasteiger partial charge on any atom is -0.493 e. The third-order valence-electron chi connectivity index (χ3n) is 2.86. The smallest absolute Gasteiger partial charge is 0.338 e. The van der Waals surface area contributed by atoms with Gasteiger partial charge in [-0.25, -0.2) is 4.79 Å². The maximum Gasteiger partial charge on any atom is 0.338 e. The van der Waals surface area contributed by atoms with E-state index in [1.807, 2.05) is 11.8 Å². The first-order valence-corrected chi connectivity index (χ1v) is 7.62. The number of esters is 1. The van der Waals surface area contributed by atoms with Crippen LogP contribution in [0.1, 0.15) is 17.3 Å². The molecule has 1 unspecified atom stereocenters. The molecule has 5 nitrogen and oxygen atoms in total. The lowest BCUT2D eigenvalue weighted by Gasteiger charge is -2.14. The van der Waals surface area contributed by atoms with E-state index in [0.29, 0.717) is 35.7 Å². The van der Waals surface area contributed by atoms with E-state index in [2.05, 4.69) is 5.32 Å². The van der Waals surface area contributed by atoms with E-state index >= 15 is 0 Å². The zero-order valence-corrected chi connectivity index (χ0v) is 12.5. The monoisotopic (exact) mass is 297 g/mol. The Morgan fingerprint density at radius 2 is 2.30 bits per heavy atom. The van der Waals surface area contributed by atoms with Crippen LogP contribution in [0, 0.1) is 0 Å². The number of methoxy groups -OCH3 is 1. The van der Waals surface area contributed by atoms with Gasteiger partial charge in [-0.15, -0.1) is 11.8 Å². The van der Waals surface area contributed by atoms with Crippen LogP contribution in [-0.2, 0) is 4.74 Å². The molecule has 0 bridgehead atoms. The summed E-state index contributed by atoms with van der Waals surface area (Å²) in [7, 11) is 1.56. The molecule has 1 saturated heterocycles. The molecule has 0 amide bonds. The van der Waals surface area contributed by atoms with Gasteiger partial charge in [0.15, 0.2) is 11.5 Å². The maximum atomic E-state index is 11.7. The van der Waals surface area contributed by atoms with Crippen molar-refractivity contribution in [2.75, 3.05) is 32.6 Å². The van der Waals surface area contributed by atoms with Crippen molar-refractivity contribution in [3.8, 4) is 11.5 Å². The fourth-order valence-electron chi connectivity index (χ4n) is 1.88. The second-order valence-electron chi connectivity index (χ2n) is 4.21. The second kappa shape index (κ2) is 7.40. The van der Waals surface area contributed by atoms with Crippen LogP contribution in [-0.4, -0.2) is 44.0 Å². The molecule has 0 saturated carbocycles. The standard InChI is InChI=1S/C14H19NO4S/c1-3-18-14(16)10-4-5-11(12(8-10)17-2)19-9-13-15-6-7-20-13/h4-5,8,13,15H,3,6-7,9H2,1-2H3. The van der Waals surface area contributed by atoms with E-state index in [0.717, 1.165) is 12.3 Å². The molecular formula is C14H19NO4S. The number of ether oxygens (including phenoxy) is 3. The van der Waals surface area contributed by atoms with Gasteiger partial charge in [0, 0.05) is 12.3 Å². The number of benzene rings is 1. The molecule has 1 aromatic rings. The Labute approximate surface area is 123 Å². The van der Waals surface area contributed by atoms with Crippen molar-refractivity contribution in [2.45, 2.75) is 12.3 Å². The molecule has 20 heavy (non-hydrogen) atoms. The fourth-order valence-corrected chi connectivity index (χ4v) is 2.80. The van der Waals surface area contributed by atoms with Crippen LogP contribution in [0.25, 0.3) is 0 Å². The zero-order chi connectivity index (χ0) is 14.4. The highest BCUT2D eigenvalue weighted by molar-refractivity contribution is 8.00. The average molecular weight is 297 g/mol. The average Bonchev–Trinajstić information content (AvgIpc) is 2.98. The van der Waals surface area contributed by atoms with Crippen LogP contribution in [0.3, 0.4) is 0 Å². The molecule has 6 heteroatoms. The Morgan fingerprint density at radius 1 is 1.45 bits per heavy atom. The Bertz CT molecular complexity index is 460. The summed E-state index contributed by atoms with van der Waals surface area (Å²) in [6, 6.07) is 5.07. The molecule has 110 valence electrons. The molecule has 0 spiro atoms. The zero-order valence-electron chi connectivity index (χ0n) is 11.7. The van der Waals surface area contributed by atoms with E-state index in [1.54, 1.807) is 32.2 Å². The van der Waals surface area contributed by atoms with Crippen molar-refractivity contribution in [3.05, 3.63) is 23.8 Å². The van der Waals surface area contributed by atoms with Crippen LogP contribution < -0.4 is 14.8 Å². The normalized spacial score (nSPS) is 17.8. The predicted octanol–water partition coefficient (Wildman–Crippen LogP) is 1.91. The van der Waals surface area contributed by atoms with E-state index in [-0.39, 0.29) is 5.97 Å². The van der Waals surface area contributed by atoms with Crippen LogP contribution in [0.4, 0.5) is 0 Å². The highest BCUT2D eigenvalue weighted by Gasteiger charge is 2.17. The van der Waals surface area contributed by atoms with Crippen LogP contribution in [0.15, 0.2) is 18.2 Å². The highest BCUT2D eigenvalue weighted by Crippen LogP contribution is 2.29. The molecule has 0 radical (unpaired) electrons. The van der Waals surface area contributed by atoms with E-state index in [4.69, 9.17) is 14.2 Å². The van der Waals surface area contributed by atoms with Gasteiger partial charge in [-0.3, -0.25) is 0 Å². The fraction of sp³-hybridized carbons (Fsp3) is 0.500. The van der Waals surface area contributed by atoms with Crippen molar-refractivity contribution in [1.82, 2.24) is 5.32 Å². The first-order valence-electron chi connectivity index (χ1n) is 6.57. The minimum atomic E-state index is -0.356. The Balaban J connectivity index is 2.03. The van der Waals surface area contributed by atoms with Gasteiger partial charge in [0.05, 0.1) is 24.7 Å². The Kier molecular flexibility index (Phi) is 5.55. The molecular weight excluding hydrogens is 278 g/mol. The molecule has 1 heterocycles. The van der Waals surface area contributed by atoms with Gasteiger partial charge < -0.3 is 19.5 Å². The predicted molar refractivity (Wildman–Crippen MR) is 78.7 cm³/mol. The van der Waals surface area contributed by atoms with Crippen molar-refractivity contribution in [3.63, 3.8) is 0 Å². The second-order valence-corrected chi connectivity index (χ2v) is 5.52. The molecule has 1 aromatic carbocycles. The number of hydrogen-bond donors (Lipinski definition) is 1. The van der Waals surface area contributed by atoms with Crippen molar-refractivity contribution >= 4 is 17.7 Å². The summed E-state index contributed by atoms with van der Waals surface area (Å²) in [5, 5.41) is 3.64. The lowest BCUT2D eigenvalue weighted by molar-refractivity contribution is 0.0526. The first-order chi connectivity index (χ1) is 9.74. The maximum absolute atomic E-state index is 11.7. The first kappa shape index (κ1) is 15.0. The lowest BCUT2D eigenvalue weighted by atomic mass is 10.2. The summed E-state index contributed by atoms with van der Waals surface area (Å²) in [4.78, 5) is 11.7. The summed E-state index contributed by atoms with van der Waals surface area (Å²) < 4.78 is 16.0. The van der Waals surface area contributed by atoms with Crippen molar-refractivity contribution in [1.29, 1.82) is 0 Å². The topological polar surface area (TPSA) is 56.8 Å². The molecule has 0 aliphatic carbocycles. The number of nitrogens with one attached hydrogen (secondary N) is 1. The molecule has 1 atom stereocenters. The summed E-state index contributed by atoms with van der Waals surface area (Å²) >= 11 is 1.84. The van der Waals surface area contributed by atoms with Gasteiger partial charge in [-0.05, 0) is 25.1 Å². The summed E-state index contributed by atoms with van der Waals surface area (Å²) in [6.45, 7) is 3.71. The van der Waals surface area contributed by atoms with E-state index < -0.39 is 0 Å². The number of carbonyl (C=O) groups excluding carboxylic acids is 1. The number of rotatable bonds is 6. The third-order valence-corrected chi connectivity index (χ3v) is 4.00. The molecule has 1 fully saturated rings. The van der Waals surface area contributed by atoms with Crippen LogP contribution >= 0.6 is 11.8 Å². The van der Waals surface area contributed by atoms with Crippen LogP contribution in [0.5, 0.6) is 11.5 Å². The molecule has 0 aromatic heterocycles. The number of thioether (sulfide) groups is 1. The summed E-state index contributed by atoms with van der Waals surface area (Å²) in [5.74, 6) is 1.92. The Morgan fingerprint density at radius 3 is 2.95 bits per heavy atom. The van der Waals surface area contributed by atoms with Crippen molar-refractivity contribution < 1.29 is 19.0 Å². The molecule has 1 aliphatic rings. The summed E-state index contributed by atoms with van der Waals surface area (Å²) in [6.07, 6.45) is 0. The largest absolute Gasteiger partial charge is 0.493 e. The number of carbonyl (C=O) groups is 1. The minimum absolute atomic E-state index is 0.310. The van der Waals surface area contributed by atoms with E-state index in [1.165, 1.54) is 0 Å². The van der Waals surface area contributed by atoms with Gasteiger partial charge in [-0.2, -0.15) is 0 Å².